The Kier molecular flexibility index (Phi) is 2.99. The second-order valence-corrected chi connectivity index (χ2v) is 6.39. The van der Waals surface area contributed by atoms with E-state index in [2.05, 4.69) is 15.9 Å². The smallest absolute Gasteiger partial charge is 0.102 e. The first-order valence-corrected chi connectivity index (χ1v) is 7.25. The van der Waals surface area contributed by atoms with Gasteiger partial charge in [0, 0.05) is 16.0 Å². The minimum Gasteiger partial charge on any atom is -0.512 e. The minimum absolute atomic E-state index is 0.261. The van der Waals surface area contributed by atoms with Gasteiger partial charge in [-0.2, -0.15) is 0 Å². The fourth-order valence-electron chi connectivity index (χ4n) is 3.39. The van der Waals surface area contributed by atoms with Crippen LogP contribution in [0.5, 0.6) is 0 Å². The van der Waals surface area contributed by atoms with E-state index in [1.54, 1.807) is 0 Å². The summed E-state index contributed by atoms with van der Waals surface area (Å²) < 4.78 is 1.03. The van der Waals surface area contributed by atoms with Crippen molar-refractivity contribution in [3.63, 3.8) is 0 Å². The molecule has 2 nitrogen and oxygen atoms in total. The van der Waals surface area contributed by atoms with Crippen molar-refractivity contribution in [1.82, 2.24) is 0 Å². The summed E-state index contributed by atoms with van der Waals surface area (Å²) in [5.74, 6) is 1.00. The molecule has 1 aromatic carbocycles. The second kappa shape index (κ2) is 4.39. The number of rotatable bonds is 1. The number of benzene rings is 1. The summed E-state index contributed by atoms with van der Waals surface area (Å²) in [5.41, 5.74) is 2.84. The third kappa shape index (κ3) is 1.81. The number of hydrogen-bond donors (Lipinski definition) is 2. The molecule has 2 aliphatic carbocycles. The normalized spacial score (nSPS) is 30.9. The summed E-state index contributed by atoms with van der Waals surface area (Å²) in [6, 6.07) is 5.98. The highest BCUT2D eigenvalue weighted by Gasteiger charge is 2.41. The molecule has 3 heteroatoms. The van der Waals surface area contributed by atoms with Gasteiger partial charge in [-0.1, -0.05) is 22.0 Å². The Bertz CT molecular complexity index is 521. The molecule has 0 aliphatic heterocycles. The van der Waals surface area contributed by atoms with Crippen molar-refractivity contribution < 1.29 is 10.2 Å². The van der Waals surface area contributed by atoms with Crippen LogP contribution < -0.4 is 0 Å². The van der Waals surface area contributed by atoms with Crippen LogP contribution in [0, 0.1) is 18.8 Å². The van der Waals surface area contributed by atoms with Crippen LogP contribution in [0.4, 0.5) is 0 Å². The first-order valence-electron chi connectivity index (χ1n) is 6.45. The molecule has 96 valence electrons. The molecule has 1 fully saturated rings. The molecule has 0 spiro atoms. The van der Waals surface area contributed by atoms with E-state index in [1.165, 1.54) is 0 Å². The highest BCUT2D eigenvalue weighted by atomic mass is 79.9. The average molecular weight is 309 g/mol. The van der Waals surface area contributed by atoms with Crippen molar-refractivity contribution in [2.75, 3.05) is 0 Å². The first-order chi connectivity index (χ1) is 8.58. The number of fused-ring (bicyclic) bond motifs is 2. The number of hydrogen-bond acceptors (Lipinski definition) is 2. The SMILES string of the molecule is Cc1cc(Br)ccc1C1=C(O)C2CCC(C2)C1O. The van der Waals surface area contributed by atoms with Crippen molar-refractivity contribution in [3.8, 4) is 0 Å². The summed E-state index contributed by atoms with van der Waals surface area (Å²) in [6.07, 6.45) is 2.46. The largest absolute Gasteiger partial charge is 0.512 e. The van der Waals surface area contributed by atoms with Crippen molar-refractivity contribution in [2.24, 2.45) is 11.8 Å². The molecule has 0 saturated heterocycles. The van der Waals surface area contributed by atoms with Gasteiger partial charge in [-0.25, -0.2) is 0 Å². The number of aliphatic hydroxyl groups excluding tert-OH is 2. The molecule has 0 radical (unpaired) electrons. The first kappa shape index (κ1) is 12.2. The van der Waals surface area contributed by atoms with Gasteiger partial charge in [0.05, 0.1) is 6.10 Å². The Morgan fingerprint density at radius 2 is 2.06 bits per heavy atom. The molecular formula is C15H17BrO2. The lowest BCUT2D eigenvalue weighted by Gasteiger charge is -2.29. The minimum atomic E-state index is -0.511. The highest BCUT2D eigenvalue weighted by molar-refractivity contribution is 9.10. The van der Waals surface area contributed by atoms with Gasteiger partial charge in [-0.3, -0.25) is 0 Å². The average Bonchev–Trinajstić information content (AvgIpc) is 2.76. The fourth-order valence-corrected chi connectivity index (χ4v) is 3.86. The van der Waals surface area contributed by atoms with Crippen LogP contribution in [-0.4, -0.2) is 16.3 Å². The maximum atomic E-state index is 10.4. The number of allylic oxidation sites excluding steroid dienone is 1. The third-order valence-corrected chi connectivity index (χ3v) is 4.85. The number of aliphatic hydroxyl groups is 2. The lowest BCUT2D eigenvalue weighted by molar-refractivity contribution is 0.146. The van der Waals surface area contributed by atoms with Gasteiger partial charge in [0.15, 0.2) is 0 Å². The summed E-state index contributed by atoms with van der Waals surface area (Å²) in [4.78, 5) is 0. The monoisotopic (exact) mass is 308 g/mol. The molecule has 1 saturated carbocycles. The molecule has 3 rings (SSSR count). The van der Waals surface area contributed by atoms with Crippen molar-refractivity contribution in [3.05, 3.63) is 39.6 Å². The van der Waals surface area contributed by atoms with Crippen LogP contribution in [0.1, 0.15) is 30.4 Å². The molecule has 0 heterocycles. The quantitative estimate of drug-likeness (QED) is 0.828. The summed E-state index contributed by atoms with van der Waals surface area (Å²) in [6.45, 7) is 2.02. The van der Waals surface area contributed by atoms with Crippen LogP contribution in [0.25, 0.3) is 5.57 Å². The summed E-state index contributed by atoms with van der Waals surface area (Å²) >= 11 is 3.45. The molecule has 0 amide bonds. The number of aryl methyl sites for hydroxylation is 1. The maximum Gasteiger partial charge on any atom is 0.102 e. The summed E-state index contributed by atoms with van der Waals surface area (Å²) in [5, 5.41) is 20.8. The lowest BCUT2D eigenvalue weighted by Crippen LogP contribution is -2.26. The van der Waals surface area contributed by atoms with Crippen molar-refractivity contribution in [2.45, 2.75) is 32.3 Å². The zero-order valence-electron chi connectivity index (χ0n) is 10.4. The number of halogens is 1. The van der Waals surface area contributed by atoms with Gasteiger partial charge >= 0.3 is 0 Å². The Hall–Kier alpha value is -0.800. The van der Waals surface area contributed by atoms with Gasteiger partial charge in [-0.05, 0) is 55.4 Å². The van der Waals surface area contributed by atoms with E-state index in [-0.39, 0.29) is 5.92 Å². The van der Waals surface area contributed by atoms with E-state index in [9.17, 15) is 10.2 Å². The predicted molar refractivity (Wildman–Crippen MR) is 75.3 cm³/mol. The van der Waals surface area contributed by atoms with Crippen molar-refractivity contribution >= 4 is 21.5 Å². The van der Waals surface area contributed by atoms with E-state index >= 15 is 0 Å². The molecule has 18 heavy (non-hydrogen) atoms. The Balaban J connectivity index is 2.12. The second-order valence-electron chi connectivity index (χ2n) is 5.47. The fraction of sp³-hybridized carbons (Fsp3) is 0.467. The van der Waals surface area contributed by atoms with Crippen molar-refractivity contribution in [1.29, 1.82) is 0 Å². The molecule has 2 aliphatic rings. The topological polar surface area (TPSA) is 40.5 Å². The van der Waals surface area contributed by atoms with Crippen LogP contribution in [0.2, 0.25) is 0 Å². The standard InChI is InChI=1S/C15H17BrO2/c1-8-6-11(16)4-5-12(8)13-14(17)9-2-3-10(7-9)15(13)18/h4-6,9-10,14,17-18H,2-3,7H2,1H3. The molecular weight excluding hydrogens is 292 g/mol. The Morgan fingerprint density at radius 1 is 1.28 bits per heavy atom. The molecule has 1 aromatic rings. The van der Waals surface area contributed by atoms with Gasteiger partial charge in [-0.15, -0.1) is 0 Å². The highest BCUT2D eigenvalue weighted by Crippen LogP contribution is 2.47. The third-order valence-electron chi connectivity index (χ3n) is 4.36. The molecule has 0 aromatic heterocycles. The zero-order valence-corrected chi connectivity index (χ0v) is 11.9. The van der Waals surface area contributed by atoms with E-state index in [4.69, 9.17) is 0 Å². The van der Waals surface area contributed by atoms with Crippen LogP contribution in [0.15, 0.2) is 28.4 Å². The van der Waals surface area contributed by atoms with E-state index in [0.717, 1.165) is 40.4 Å². The van der Waals surface area contributed by atoms with Crippen LogP contribution in [-0.2, 0) is 0 Å². The van der Waals surface area contributed by atoms with E-state index in [1.807, 2.05) is 25.1 Å². The molecule has 3 unspecified atom stereocenters. The lowest BCUT2D eigenvalue weighted by atomic mass is 9.81. The van der Waals surface area contributed by atoms with Gasteiger partial charge in [0.2, 0.25) is 0 Å². The molecule has 3 atom stereocenters. The van der Waals surface area contributed by atoms with Gasteiger partial charge in [0.1, 0.15) is 5.76 Å². The summed E-state index contributed by atoms with van der Waals surface area (Å²) in [7, 11) is 0. The van der Waals surface area contributed by atoms with Gasteiger partial charge < -0.3 is 10.2 Å². The van der Waals surface area contributed by atoms with E-state index in [0.29, 0.717) is 11.7 Å². The molecule has 2 N–H and O–H groups in total. The molecule has 2 bridgehead atoms. The van der Waals surface area contributed by atoms with E-state index < -0.39 is 6.10 Å². The zero-order chi connectivity index (χ0) is 12.9. The Labute approximate surface area is 115 Å². The Morgan fingerprint density at radius 3 is 2.78 bits per heavy atom. The van der Waals surface area contributed by atoms with Crippen LogP contribution >= 0.6 is 15.9 Å². The maximum absolute atomic E-state index is 10.4. The van der Waals surface area contributed by atoms with Crippen LogP contribution in [0.3, 0.4) is 0 Å². The van der Waals surface area contributed by atoms with Gasteiger partial charge in [0.25, 0.3) is 0 Å². The predicted octanol–water partition coefficient (Wildman–Crippen LogP) is 3.82.